The van der Waals surface area contributed by atoms with Crippen molar-refractivity contribution >= 4 is 11.5 Å². The van der Waals surface area contributed by atoms with Crippen LogP contribution in [0, 0.1) is 21.7 Å². The summed E-state index contributed by atoms with van der Waals surface area (Å²) in [6.45, 7) is -0.457. The number of nitro groups is 1. The predicted octanol–water partition coefficient (Wildman–Crippen LogP) is 1.92. The van der Waals surface area contributed by atoms with Crippen LogP contribution in [0.3, 0.4) is 0 Å². The molecule has 2 aromatic rings. The Morgan fingerprint density at radius 2 is 2.00 bits per heavy atom. The van der Waals surface area contributed by atoms with E-state index < -0.39 is 45.6 Å². The maximum Gasteiger partial charge on any atom is 0.332 e. The fourth-order valence-corrected chi connectivity index (χ4v) is 1.71. The monoisotopic (exact) mass is 294 g/mol. The molecule has 0 amide bonds. The second kappa shape index (κ2) is 5.61. The molecule has 0 aliphatic rings. The van der Waals surface area contributed by atoms with Crippen LogP contribution in [0.25, 0.3) is 0 Å². The summed E-state index contributed by atoms with van der Waals surface area (Å²) in [4.78, 5) is 32.8. The largest absolute Gasteiger partial charge is 0.340 e. The molecule has 0 N–H and O–H groups in total. The molecule has 1 aromatic carbocycles. The Bertz CT molecular complexity index is 786. The Hall–Kier alpha value is -2.90. The van der Waals surface area contributed by atoms with E-state index in [2.05, 4.69) is 0 Å². The van der Waals surface area contributed by atoms with Gasteiger partial charge in [-0.25, -0.2) is 8.78 Å². The van der Waals surface area contributed by atoms with Crippen LogP contribution in [-0.2, 0) is 6.54 Å². The fraction of sp³-hybridized carbons (Fsp3) is 0.0769. The normalized spacial score (nSPS) is 10.4. The van der Waals surface area contributed by atoms with Crippen molar-refractivity contribution < 1.29 is 18.5 Å². The quantitative estimate of drug-likeness (QED) is 0.490. The number of nitrogens with zero attached hydrogens (tertiary/aromatic N) is 2. The summed E-state index contributed by atoms with van der Waals surface area (Å²) in [5.41, 5.74) is -1.97. The van der Waals surface area contributed by atoms with E-state index in [4.69, 9.17) is 0 Å². The van der Waals surface area contributed by atoms with Crippen molar-refractivity contribution in [1.82, 2.24) is 4.57 Å². The number of pyridine rings is 1. The summed E-state index contributed by atoms with van der Waals surface area (Å²) in [6, 6.07) is 3.36. The van der Waals surface area contributed by atoms with Gasteiger partial charge >= 0.3 is 5.69 Å². The number of aromatic nitrogens is 1. The average molecular weight is 294 g/mol. The summed E-state index contributed by atoms with van der Waals surface area (Å²) in [5.74, 6) is -2.44. The highest BCUT2D eigenvalue weighted by Crippen LogP contribution is 2.12. The molecule has 1 heterocycles. The molecule has 0 saturated heterocycles. The Morgan fingerprint density at radius 3 is 2.67 bits per heavy atom. The Morgan fingerprint density at radius 1 is 1.29 bits per heavy atom. The van der Waals surface area contributed by atoms with Gasteiger partial charge in [0.2, 0.25) is 0 Å². The van der Waals surface area contributed by atoms with Crippen molar-refractivity contribution in [3.63, 3.8) is 0 Å². The van der Waals surface area contributed by atoms with Crippen molar-refractivity contribution in [3.8, 4) is 0 Å². The third-order valence-corrected chi connectivity index (χ3v) is 2.71. The number of Topliss-reactive ketones (excluding diaryl/α,β-unsaturated/α-hetero) is 1. The first kappa shape index (κ1) is 14.5. The van der Waals surface area contributed by atoms with Gasteiger partial charge in [0.15, 0.2) is 5.78 Å². The molecule has 108 valence electrons. The van der Waals surface area contributed by atoms with Crippen LogP contribution in [-0.4, -0.2) is 15.3 Å². The molecule has 0 saturated carbocycles. The topological polar surface area (TPSA) is 82.2 Å². The molecule has 0 spiro atoms. The summed E-state index contributed by atoms with van der Waals surface area (Å²) < 4.78 is 27.5. The van der Waals surface area contributed by atoms with Gasteiger partial charge in [-0.15, -0.1) is 0 Å². The van der Waals surface area contributed by atoms with Gasteiger partial charge in [0.25, 0.3) is 5.43 Å². The number of hydrogen-bond acceptors (Lipinski definition) is 4. The van der Waals surface area contributed by atoms with Crippen molar-refractivity contribution in [2.45, 2.75) is 6.54 Å². The van der Waals surface area contributed by atoms with Gasteiger partial charge < -0.3 is 4.57 Å². The van der Waals surface area contributed by atoms with E-state index in [0.717, 1.165) is 41.2 Å². The number of carbonyl (C=O) groups is 1. The van der Waals surface area contributed by atoms with Crippen molar-refractivity contribution in [2.75, 3.05) is 0 Å². The first-order valence-corrected chi connectivity index (χ1v) is 5.71. The maximum absolute atomic E-state index is 13.4. The van der Waals surface area contributed by atoms with E-state index in [-0.39, 0.29) is 0 Å². The minimum Gasteiger partial charge on any atom is -0.340 e. The molecule has 2 rings (SSSR count). The lowest BCUT2D eigenvalue weighted by Crippen LogP contribution is -2.16. The minimum absolute atomic E-state index is 0.457. The molecular weight excluding hydrogens is 286 g/mol. The highest BCUT2D eigenvalue weighted by atomic mass is 19.1. The zero-order valence-corrected chi connectivity index (χ0v) is 10.5. The molecule has 6 nitrogen and oxygen atoms in total. The van der Waals surface area contributed by atoms with E-state index in [1.54, 1.807) is 0 Å². The van der Waals surface area contributed by atoms with Crippen LogP contribution >= 0.6 is 0 Å². The Labute approximate surface area is 116 Å². The zero-order chi connectivity index (χ0) is 15.6. The number of hydrogen-bond donors (Lipinski definition) is 0. The van der Waals surface area contributed by atoms with Crippen LogP contribution in [0.15, 0.2) is 41.5 Å². The summed E-state index contributed by atoms with van der Waals surface area (Å²) in [7, 11) is 0. The molecule has 0 radical (unpaired) electrons. The first-order chi connectivity index (χ1) is 9.88. The van der Waals surface area contributed by atoms with Crippen molar-refractivity contribution in [3.05, 3.63) is 74.2 Å². The van der Waals surface area contributed by atoms with Crippen molar-refractivity contribution in [2.24, 2.45) is 0 Å². The second-order valence-electron chi connectivity index (χ2n) is 4.17. The number of rotatable bonds is 4. The molecular formula is C13H8F2N2O4. The van der Waals surface area contributed by atoms with Gasteiger partial charge in [0.05, 0.1) is 23.2 Å². The lowest BCUT2D eigenvalue weighted by molar-refractivity contribution is -0.386. The lowest BCUT2D eigenvalue weighted by Gasteiger charge is -2.06. The Balaban J connectivity index is 2.32. The second-order valence-corrected chi connectivity index (χ2v) is 4.17. The van der Waals surface area contributed by atoms with Gasteiger partial charge in [-0.2, -0.15) is 0 Å². The van der Waals surface area contributed by atoms with Gasteiger partial charge in [0.1, 0.15) is 11.6 Å². The fourth-order valence-electron chi connectivity index (χ4n) is 1.71. The molecule has 0 fully saturated rings. The highest BCUT2D eigenvalue weighted by Gasteiger charge is 2.16. The summed E-state index contributed by atoms with van der Waals surface area (Å²) >= 11 is 0. The smallest absolute Gasteiger partial charge is 0.332 e. The molecule has 0 bridgehead atoms. The lowest BCUT2D eigenvalue weighted by atomic mass is 10.1. The summed E-state index contributed by atoms with van der Waals surface area (Å²) in [6.07, 6.45) is 2.03. The minimum atomic E-state index is -0.892. The van der Waals surface area contributed by atoms with E-state index in [1.807, 2.05) is 0 Å². The van der Waals surface area contributed by atoms with E-state index >= 15 is 0 Å². The van der Waals surface area contributed by atoms with Crippen LogP contribution in [0.2, 0.25) is 0 Å². The van der Waals surface area contributed by atoms with E-state index in [0.29, 0.717) is 0 Å². The predicted molar refractivity (Wildman–Crippen MR) is 68.0 cm³/mol. The standard InChI is InChI=1S/C13H8F2N2O4/c14-8-1-2-10(15)9(5-8)13(19)7-16-4-3-12(18)11(6-16)17(20)21/h1-6H,7H2. The molecule has 21 heavy (non-hydrogen) atoms. The van der Waals surface area contributed by atoms with Crippen LogP contribution in [0.5, 0.6) is 0 Å². The van der Waals surface area contributed by atoms with Gasteiger partial charge in [-0.1, -0.05) is 0 Å². The molecule has 0 aliphatic heterocycles. The third kappa shape index (κ3) is 3.16. The zero-order valence-electron chi connectivity index (χ0n) is 10.5. The number of carbonyl (C=O) groups excluding carboxylic acids is 1. The highest BCUT2D eigenvalue weighted by molar-refractivity contribution is 5.96. The van der Waals surface area contributed by atoms with Gasteiger partial charge in [0, 0.05) is 12.3 Å². The molecule has 0 unspecified atom stereocenters. The maximum atomic E-state index is 13.4. The number of halogens is 2. The molecule has 0 atom stereocenters. The summed E-state index contributed by atoms with van der Waals surface area (Å²) in [5, 5.41) is 10.6. The van der Waals surface area contributed by atoms with Crippen LogP contribution < -0.4 is 5.43 Å². The molecule has 1 aromatic heterocycles. The first-order valence-electron chi connectivity index (χ1n) is 5.71. The van der Waals surface area contributed by atoms with E-state index in [1.165, 1.54) is 0 Å². The van der Waals surface area contributed by atoms with E-state index in [9.17, 15) is 28.5 Å². The van der Waals surface area contributed by atoms with Crippen LogP contribution in [0.4, 0.5) is 14.5 Å². The SMILES string of the molecule is O=C(Cn1ccc(=O)c([N+](=O)[O-])c1)c1cc(F)ccc1F. The average Bonchev–Trinajstić information content (AvgIpc) is 2.43. The Kier molecular flexibility index (Phi) is 3.88. The van der Waals surface area contributed by atoms with Crippen molar-refractivity contribution in [1.29, 1.82) is 0 Å². The molecule has 0 aliphatic carbocycles. The number of ketones is 1. The number of benzene rings is 1. The third-order valence-electron chi connectivity index (χ3n) is 2.71. The van der Waals surface area contributed by atoms with Gasteiger partial charge in [-0.3, -0.25) is 19.7 Å². The molecule has 8 heteroatoms. The van der Waals surface area contributed by atoms with Crippen LogP contribution in [0.1, 0.15) is 10.4 Å². The van der Waals surface area contributed by atoms with Gasteiger partial charge in [-0.05, 0) is 18.2 Å².